The number of hydrogen-bond acceptors (Lipinski definition) is 7. The molecule has 0 spiro atoms. The number of unbranched alkanes of at least 4 members (excludes halogenated alkanes) is 21. The zero-order chi connectivity index (χ0) is 41.4. The second-order valence-electron chi connectivity index (χ2n) is 16.4. The molecule has 0 saturated carbocycles. The third-order valence-corrected chi connectivity index (χ3v) is 10.6. The van der Waals surface area contributed by atoms with Crippen LogP contribution in [0, 0.1) is 0 Å². The summed E-state index contributed by atoms with van der Waals surface area (Å²) in [4.78, 5) is 35.4. The van der Waals surface area contributed by atoms with Gasteiger partial charge in [-0.2, -0.15) is 0 Å². The fraction of sp³-hybridized carbons (Fsp3) is 0.826. The Morgan fingerprint density at radius 3 is 1.46 bits per heavy atom. The molecule has 56 heavy (non-hydrogen) atoms. The molecule has 0 radical (unpaired) electrons. The number of allylic oxidation sites excluding steroid dienone is 6. The summed E-state index contributed by atoms with van der Waals surface area (Å²) in [5.41, 5.74) is 0. The van der Waals surface area contributed by atoms with E-state index in [2.05, 4.69) is 50.3 Å². The van der Waals surface area contributed by atoms with E-state index in [0.717, 1.165) is 70.6 Å². The van der Waals surface area contributed by atoms with E-state index in [1.807, 2.05) is 21.1 Å². The molecular formula is C46H87NO8P+. The number of carbonyl (C=O) groups is 2. The van der Waals surface area contributed by atoms with Crippen molar-refractivity contribution >= 4 is 19.8 Å². The smallest absolute Gasteiger partial charge is 0.462 e. The molecule has 10 heteroatoms. The van der Waals surface area contributed by atoms with Crippen LogP contribution in [0.3, 0.4) is 0 Å². The standard InChI is InChI=1S/C46H86NO8P/c1-6-8-10-12-14-16-18-20-22-23-25-27-29-31-33-35-37-39-46(49)55-44(43-54-56(50,51)53-41-40-47(3,4)5)42-52-45(48)38-36-34-32-30-28-26-24-21-19-17-15-13-11-9-7-2/h14,16,20-22,24,44H,6-13,15,17-19,23,25-43H2,1-5H3/p+1/b16-14-,22-20-,24-21-/t44-/m1/s1. The van der Waals surface area contributed by atoms with Gasteiger partial charge in [-0.05, 0) is 70.6 Å². The van der Waals surface area contributed by atoms with Gasteiger partial charge < -0.3 is 18.9 Å². The summed E-state index contributed by atoms with van der Waals surface area (Å²) in [6, 6.07) is 0. The van der Waals surface area contributed by atoms with Gasteiger partial charge in [-0.1, -0.05) is 147 Å². The Balaban J connectivity index is 4.37. The van der Waals surface area contributed by atoms with Crippen LogP contribution in [0.5, 0.6) is 0 Å². The van der Waals surface area contributed by atoms with Crippen LogP contribution in [-0.2, 0) is 32.7 Å². The van der Waals surface area contributed by atoms with Gasteiger partial charge in [0.2, 0.25) is 0 Å². The van der Waals surface area contributed by atoms with Crippen molar-refractivity contribution in [3.8, 4) is 0 Å². The van der Waals surface area contributed by atoms with E-state index in [-0.39, 0.29) is 32.0 Å². The fourth-order valence-electron chi connectivity index (χ4n) is 6.04. The molecule has 0 rings (SSSR count). The lowest BCUT2D eigenvalue weighted by Crippen LogP contribution is -2.37. The molecule has 0 fully saturated rings. The highest BCUT2D eigenvalue weighted by Gasteiger charge is 2.27. The normalized spacial score (nSPS) is 13.9. The Bertz CT molecular complexity index is 1050. The fourth-order valence-corrected chi connectivity index (χ4v) is 6.78. The molecule has 0 heterocycles. The van der Waals surface area contributed by atoms with Gasteiger partial charge in [0.05, 0.1) is 27.7 Å². The summed E-state index contributed by atoms with van der Waals surface area (Å²) in [5.74, 6) is -0.815. The van der Waals surface area contributed by atoms with Crippen molar-refractivity contribution in [1.82, 2.24) is 0 Å². The van der Waals surface area contributed by atoms with Crippen molar-refractivity contribution in [3.63, 3.8) is 0 Å². The molecule has 0 aromatic carbocycles. The van der Waals surface area contributed by atoms with Crippen LogP contribution in [0.15, 0.2) is 36.5 Å². The SMILES string of the molecule is CCCCC/C=C\C/C=C\CCCCCCCCCC(=O)O[C@H](COC(=O)CCCCCCC/C=C\CCCCCCCC)COP(=O)(O)OCC[N+](C)(C)C. The van der Waals surface area contributed by atoms with Crippen LogP contribution in [0.1, 0.15) is 194 Å². The minimum atomic E-state index is -4.38. The zero-order valence-electron chi connectivity index (χ0n) is 36.9. The molecule has 2 atom stereocenters. The molecule has 0 bridgehead atoms. The van der Waals surface area contributed by atoms with E-state index in [1.165, 1.54) is 89.9 Å². The summed E-state index contributed by atoms with van der Waals surface area (Å²) < 4.78 is 34.3. The first kappa shape index (κ1) is 54.2. The van der Waals surface area contributed by atoms with Crippen LogP contribution >= 0.6 is 7.82 Å². The van der Waals surface area contributed by atoms with Gasteiger partial charge >= 0.3 is 19.8 Å². The van der Waals surface area contributed by atoms with Crippen molar-refractivity contribution in [3.05, 3.63) is 36.5 Å². The van der Waals surface area contributed by atoms with Gasteiger partial charge in [-0.3, -0.25) is 18.6 Å². The molecule has 0 aliphatic heterocycles. The van der Waals surface area contributed by atoms with Crippen LogP contribution in [0.4, 0.5) is 0 Å². The molecule has 0 aromatic heterocycles. The quantitative estimate of drug-likeness (QED) is 0.0214. The first-order chi connectivity index (χ1) is 27.0. The Morgan fingerprint density at radius 1 is 0.554 bits per heavy atom. The third kappa shape index (κ3) is 41.9. The molecule has 0 aromatic rings. The third-order valence-electron chi connectivity index (χ3n) is 9.64. The lowest BCUT2D eigenvalue weighted by molar-refractivity contribution is -0.870. The monoisotopic (exact) mass is 813 g/mol. The van der Waals surface area contributed by atoms with E-state index in [0.29, 0.717) is 17.4 Å². The van der Waals surface area contributed by atoms with E-state index in [4.69, 9.17) is 18.5 Å². The minimum absolute atomic E-state index is 0.0286. The highest BCUT2D eigenvalue weighted by Crippen LogP contribution is 2.43. The molecule has 328 valence electrons. The molecule has 0 aliphatic rings. The molecule has 1 N–H and O–H groups in total. The summed E-state index contributed by atoms with van der Waals surface area (Å²) >= 11 is 0. The van der Waals surface area contributed by atoms with Crippen molar-refractivity contribution in [2.24, 2.45) is 0 Å². The first-order valence-corrected chi connectivity index (χ1v) is 24.2. The van der Waals surface area contributed by atoms with Gasteiger partial charge in [-0.15, -0.1) is 0 Å². The average Bonchev–Trinajstić information content (AvgIpc) is 3.15. The van der Waals surface area contributed by atoms with Gasteiger partial charge in [0, 0.05) is 12.8 Å². The Morgan fingerprint density at radius 2 is 0.964 bits per heavy atom. The van der Waals surface area contributed by atoms with E-state index in [1.54, 1.807) is 0 Å². The number of carbonyl (C=O) groups excluding carboxylic acids is 2. The zero-order valence-corrected chi connectivity index (χ0v) is 37.8. The van der Waals surface area contributed by atoms with Crippen molar-refractivity contribution in [2.75, 3.05) is 47.5 Å². The van der Waals surface area contributed by atoms with Crippen LogP contribution < -0.4 is 0 Å². The maximum absolute atomic E-state index is 12.7. The van der Waals surface area contributed by atoms with Crippen LogP contribution in [0.25, 0.3) is 0 Å². The highest BCUT2D eigenvalue weighted by molar-refractivity contribution is 7.47. The van der Waals surface area contributed by atoms with Crippen molar-refractivity contribution < 1.29 is 42.1 Å². The highest BCUT2D eigenvalue weighted by atomic mass is 31.2. The predicted molar refractivity (Wildman–Crippen MR) is 234 cm³/mol. The van der Waals surface area contributed by atoms with E-state index < -0.39 is 26.5 Å². The second kappa shape index (κ2) is 38.7. The van der Waals surface area contributed by atoms with Crippen LogP contribution in [-0.4, -0.2) is 74.9 Å². The molecule has 9 nitrogen and oxygen atoms in total. The number of nitrogens with zero attached hydrogens (tertiary/aromatic N) is 1. The molecule has 1 unspecified atom stereocenters. The topological polar surface area (TPSA) is 108 Å². The number of likely N-dealkylation sites (N-methyl/N-ethyl adjacent to an activating group) is 1. The molecular weight excluding hydrogens is 725 g/mol. The van der Waals surface area contributed by atoms with E-state index >= 15 is 0 Å². The van der Waals surface area contributed by atoms with Crippen molar-refractivity contribution in [1.29, 1.82) is 0 Å². The summed E-state index contributed by atoms with van der Waals surface area (Å²) in [5, 5.41) is 0. The first-order valence-electron chi connectivity index (χ1n) is 22.7. The Labute approximate surface area is 344 Å². The number of hydrogen-bond donors (Lipinski definition) is 1. The second-order valence-corrected chi connectivity index (χ2v) is 17.9. The lowest BCUT2D eigenvalue weighted by Gasteiger charge is -2.24. The molecule has 0 amide bonds. The average molecular weight is 813 g/mol. The summed E-state index contributed by atoms with van der Waals surface area (Å²) in [6.45, 7) is 4.38. The maximum Gasteiger partial charge on any atom is 0.472 e. The van der Waals surface area contributed by atoms with E-state index in [9.17, 15) is 19.0 Å². The number of rotatable bonds is 41. The molecule has 0 aliphatic carbocycles. The number of quaternary nitrogens is 1. The van der Waals surface area contributed by atoms with Gasteiger partial charge in [0.1, 0.15) is 19.8 Å². The summed E-state index contributed by atoms with van der Waals surface area (Å²) in [6.07, 6.45) is 43.2. The minimum Gasteiger partial charge on any atom is -0.462 e. The molecule has 0 saturated heterocycles. The number of phosphoric ester groups is 1. The van der Waals surface area contributed by atoms with Gasteiger partial charge in [-0.25, -0.2) is 4.57 Å². The Kier molecular flexibility index (Phi) is 37.5. The number of ether oxygens (including phenoxy) is 2. The number of phosphoric acid groups is 1. The van der Waals surface area contributed by atoms with Crippen molar-refractivity contribution in [2.45, 2.75) is 200 Å². The van der Waals surface area contributed by atoms with Crippen LogP contribution in [0.2, 0.25) is 0 Å². The largest absolute Gasteiger partial charge is 0.472 e. The Hall–Kier alpha value is -1.77. The lowest BCUT2D eigenvalue weighted by atomic mass is 10.1. The van der Waals surface area contributed by atoms with Gasteiger partial charge in [0.25, 0.3) is 0 Å². The summed E-state index contributed by atoms with van der Waals surface area (Å²) in [7, 11) is 1.47. The van der Waals surface area contributed by atoms with Gasteiger partial charge in [0.15, 0.2) is 6.10 Å². The number of esters is 2. The predicted octanol–water partition coefficient (Wildman–Crippen LogP) is 12.9. The maximum atomic E-state index is 12.7.